The minimum Gasteiger partial charge on any atom is -0.480 e. The molecule has 3 heterocycles. The lowest BCUT2D eigenvalue weighted by atomic mass is 10.1. The smallest absolute Gasteiger partial charge is 0.317 e. The van der Waals surface area contributed by atoms with Crippen LogP contribution in [0.3, 0.4) is 0 Å². The fourth-order valence-corrected chi connectivity index (χ4v) is 5.15. The summed E-state index contributed by atoms with van der Waals surface area (Å²) >= 11 is 1.60. The Balaban J connectivity index is 1.43. The summed E-state index contributed by atoms with van der Waals surface area (Å²) < 4.78 is 0. The number of nitrogens with one attached hydrogen (secondary N) is 1. The number of aliphatic carboxylic acids is 1. The molecule has 4 aromatic rings. The van der Waals surface area contributed by atoms with E-state index in [4.69, 9.17) is 5.11 Å². The molecule has 8 heteroatoms. The highest BCUT2D eigenvalue weighted by Crippen LogP contribution is 2.37. The van der Waals surface area contributed by atoms with Gasteiger partial charge in [-0.3, -0.25) is 15.1 Å². The number of benzene rings is 2. The summed E-state index contributed by atoms with van der Waals surface area (Å²) in [6, 6.07) is 14.3. The lowest BCUT2D eigenvalue weighted by molar-refractivity contribution is -0.138. The van der Waals surface area contributed by atoms with E-state index < -0.39 is 5.97 Å². The number of aromatic nitrogens is 2. The molecule has 2 N–H and O–H groups in total. The van der Waals surface area contributed by atoms with Crippen molar-refractivity contribution in [3.05, 3.63) is 64.8 Å². The zero-order valence-corrected chi connectivity index (χ0v) is 16.9. The highest BCUT2D eigenvalue weighted by atomic mass is 32.1. The van der Waals surface area contributed by atoms with E-state index in [1.807, 2.05) is 35.4 Å². The molecule has 1 aliphatic heterocycles. The number of hydrogen-bond donors (Lipinski definition) is 2. The molecule has 1 aliphatic rings. The molecule has 0 atom stereocenters. The summed E-state index contributed by atoms with van der Waals surface area (Å²) in [4.78, 5) is 23.9. The highest BCUT2D eigenvalue weighted by Gasteiger charge is 2.24. The predicted molar refractivity (Wildman–Crippen MR) is 119 cm³/mol. The minimum absolute atomic E-state index is 0.0554. The molecule has 0 amide bonds. The molecule has 5 rings (SSSR count). The van der Waals surface area contributed by atoms with E-state index >= 15 is 0 Å². The van der Waals surface area contributed by atoms with E-state index in [2.05, 4.69) is 38.7 Å². The summed E-state index contributed by atoms with van der Waals surface area (Å²) in [5, 5.41) is 16.8. The quantitative estimate of drug-likeness (QED) is 0.380. The van der Waals surface area contributed by atoms with Crippen molar-refractivity contribution in [3.8, 4) is 0 Å². The van der Waals surface area contributed by atoms with Gasteiger partial charge in [-0.2, -0.15) is 5.10 Å². The number of hydrazone groups is 1. The molecular formula is C22H19N5O2S. The molecule has 0 saturated carbocycles. The van der Waals surface area contributed by atoms with Crippen LogP contribution in [-0.2, 0) is 17.8 Å². The number of fused-ring (bicyclic) bond motifs is 4. The second-order valence-electron chi connectivity index (χ2n) is 7.20. The topological polar surface area (TPSA) is 90.7 Å². The van der Waals surface area contributed by atoms with Crippen LogP contribution in [0.4, 0.5) is 5.82 Å². The number of rotatable bonds is 5. The van der Waals surface area contributed by atoms with Crippen LogP contribution in [0, 0.1) is 0 Å². The summed E-state index contributed by atoms with van der Waals surface area (Å²) in [5.74, 6) is -0.120. The SMILES string of the molecule is O=C(O)CN1CCc2c(sc3ncnc(N/N=C/c4cccc5ccccc45)c23)C1. The second kappa shape index (κ2) is 7.81. The molecular weight excluding hydrogens is 398 g/mol. The summed E-state index contributed by atoms with van der Waals surface area (Å²) in [5.41, 5.74) is 5.32. The van der Waals surface area contributed by atoms with Gasteiger partial charge in [-0.1, -0.05) is 42.5 Å². The third kappa shape index (κ3) is 3.51. The van der Waals surface area contributed by atoms with Crippen molar-refractivity contribution in [2.45, 2.75) is 13.0 Å². The lowest BCUT2D eigenvalue weighted by Crippen LogP contribution is -2.34. The average Bonchev–Trinajstić information content (AvgIpc) is 3.12. The van der Waals surface area contributed by atoms with Crippen LogP contribution in [0.5, 0.6) is 0 Å². The molecule has 30 heavy (non-hydrogen) atoms. The van der Waals surface area contributed by atoms with Gasteiger partial charge < -0.3 is 5.11 Å². The Bertz CT molecular complexity index is 1280. The van der Waals surface area contributed by atoms with Gasteiger partial charge in [-0.15, -0.1) is 11.3 Å². The van der Waals surface area contributed by atoms with Crippen molar-refractivity contribution in [1.29, 1.82) is 0 Å². The summed E-state index contributed by atoms with van der Waals surface area (Å²) in [6.45, 7) is 1.39. The van der Waals surface area contributed by atoms with E-state index in [0.717, 1.165) is 32.5 Å². The Morgan fingerprint density at radius 2 is 2.10 bits per heavy atom. The first kappa shape index (κ1) is 18.7. The number of thiophene rings is 1. The van der Waals surface area contributed by atoms with Gasteiger partial charge in [-0.25, -0.2) is 9.97 Å². The number of hydrogen-bond acceptors (Lipinski definition) is 7. The monoisotopic (exact) mass is 417 g/mol. The zero-order chi connectivity index (χ0) is 20.5. The van der Waals surface area contributed by atoms with E-state index in [9.17, 15) is 4.79 Å². The van der Waals surface area contributed by atoms with Crippen molar-refractivity contribution in [3.63, 3.8) is 0 Å². The molecule has 0 bridgehead atoms. The fraction of sp³-hybridized carbons (Fsp3) is 0.182. The summed E-state index contributed by atoms with van der Waals surface area (Å²) in [6.07, 6.45) is 4.12. The van der Waals surface area contributed by atoms with Crippen LogP contribution in [-0.4, -0.2) is 45.2 Å². The molecule has 0 spiro atoms. The molecule has 7 nitrogen and oxygen atoms in total. The molecule has 2 aromatic heterocycles. The van der Waals surface area contributed by atoms with E-state index in [1.54, 1.807) is 11.3 Å². The number of anilines is 1. The molecule has 150 valence electrons. The number of carboxylic acids is 1. The average molecular weight is 417 g/mol. The van der Waals surface area contributed by atoms with Gasteiger partial charge in [0.2, 0.25) is 0 Å². The fourth-order valence-electron chi connectivity index (χ4n) is 3.92. The van der Waals surface area contributed by atoms with Gasteiger partial charge in [-0.05, 0) is 22.8 Å². The van der Waals surface area contributed by atoms with Gasteiger partial charge in [0.05, 0.1) is 18.1 Å². The highest BCUT2D eigenvalue weighted by molar-refractivity contribution is 7.19. The first-order valence-electron chi connectivity index (χ1n) is 9.65. The Hall–Kier alpha value is -3.36. The molecule has 2 aromatic carbocycles. The van der Waals surface area contributed by atoms with Gasteiger partial charge in [0.15, 0.2) is 5.82 Å². The normalized spacial score (nSPS) is 14.4. The predicted octanol–water partition coefficient (Wildman–Crippen LogP) is 3.73. The van der Waals surface area contributed by atoms with Crippen LogP contribution < -0.4 is 5.43 Å². The van der Waals surface area contributed by atoms with E-state index in [-0.39, 0.29) is 6.54 Å². The first-order valence-corrected chi connectivity index (χ1v) is 10.5. The molecule has 0 radical (unpaired) electrons. The third-order valence-electron chi connectivity index (χ3n) is 5.27. The van der Waals surface area contributed by atoms with Crippen LogP contribution in [0.1, 0.15) is 16.0 Å². The Kier molecular flexibility index (Phi) is 4.86. The lowest BCUT2D eigenvalue weighted by Gasteiger charge is -2.25. The number of carbonyl (C=O) groups is 1. The maximum atomic E-state index is 11.0. The standard InChI is InChI=1S/C22H19N5O2S/c28-19(29)12-27-9-8-17-18(11-27)30-22-20(17)21(23-13-24-22)26-25-10-15-6-3-5-14-4-1-2-7-16(14)15/h1-7,10,13H,8-9,11-12H2,(H,28,29)(H,23,24,26)/b25-10+. The third-order valence-corrected chi connectivity index (χ3v) is 6.40. The van der Waals surface area contributed by atoms with Gasteiger partial charge in [0.25, 0.3) is 0 Å². The first-order chi connectivity index (χ1) is 14.7. The zero-order valence-electron chi connectivity index (χ0n) is 16.1. The Labute approximate surface area is 176 Å². The maximum absolute atomic E-state index is 11.0. The Morgan fingerprint density at radius 3 is 3.00 bits per heavy atom. The van der Waals surface area contributed by atoms with Crippen LogP contribution in [0.2, 0.25) is 0 Å². The van der Waals surface area contributed by atoms with Crippen LogP contribution in [0.25, 0.3) is 21.0 Å². The minimum atomic E-state index is -0.801. The van der Waals surface area contributed by atoms with Gasteiger partial charge in [0.1, 0.15) is 11.2 Å². The molecule has 0 fully saturated rings. The number of carboxylic acid groups (broad SMARTS) is 1. The number of nitrogens with zero attached hydrogens (tertiary/aromatic N) is 4. The van der Waals surface area contributed by atoms with Crippen molar-refractivity contribution in [1.82, 2.24) is 14.9 Å². The van der Waals surface area contributed by atoms with E-state index in [0.29, 0.717) is 18.9 Å². The second-order valence-corrected chi connectivity index (χ2v) is 8.28. The van der Waals surface area contributed by atoms with Crippen molar-refractivity contribution < 1.29 is 9.90 Å². The Morgan fingerprint density at radius 1 is 1.23 bits per heavy atom. The van der Waals surface area contributed by atoms with Gasteiger partial charge >= 0.3 is 5.97 Å². The molecule has 0 saturated heterocycles. The van der Waals surface area contributed by atoms with Crippen molar-refractivity contribution >= 4 is 50.3 Å². The maximum Gasteiger partial charge on any atom is 0.317 e. The summed E-state index contributed by atoms with van der Waals surface area (Å²) in [7, 11) is 0. The van der Waals surface area contributed by atoms with Crippen LogP contribution >= 0.6 is 11.3 Å². The van der Waals surface area contributed by atoms with E-state index in [1.165, 1.54) is 17.3 Å². The van der Waals surface area contributed by atoms with Crippen LogP contribution in [0.15, 0.2) is 53.9 Å². The molecule has 0 aliphatic carbocycles. The molecule has 0 unspecified atom stereocenters. The van der Waals surface area contributed by atoms with Gasteiger partial charge in [0, 0.05) is 23.5 Å². The van der Waals surface area contributed by atoms with Crippen molar-refractivity contribution in [2.75, 3.05) is 18.5 Å². The largest absolute Gasteiger partial charge is 0.480 e. The van der Waals surface area contributed by atoms with Crippen molar-refractivity contribution in [2.24, 2.45) is 5.10 Å².